The van der Waals surface area contributed by atoms with Gasteiger partial charge >= 0.3 is 6.09 Å². The summed E-state index contributed by atoms with van der Waals surface area (Å²) in [6, 6.07) is 9.00. The van der Waals surface area contributed by atoms with E-state index in [9.17, 15) is 4.79 Å². The van der Waals surface area contributed by atoms with Gasteiger partial charge in [0.25, 0.3) is 0 Å². The minimum atomic E-state index is -3.35. The maximum absolute atomic E-state index is 12.3. The quantitative estimate of drug-likeness (QED) is 0.288. The van der Waals surface area contributed by atoms with E-state index in [2.05, 4.69) is 56.0 Å². The average molecular weight is 641 g/mol. The van der Waals surface area contributed by atoms with Crippen molar-refractivity contribution in [1.29, 1.82) is 0 Å². The van der Waals surface area contributed by atoms with Crippen LogP contribution in [0.1, 0.15) is 75.6 Å². The predicted molar refractivity (Wildman–Crippen MR) is 177 cm³/mol. The molecule has 2 fully saturated rings. The number of carbonyl (C=O) groups excluding carboxylic acids is 1. The number of rotatable bonds is 11. The van der Waals surface area contributed by atoms with Crippen LogP contribution in [0.4, 0.5) is 4.79 Å². The van der Waals surface area contributed by atoms with Crippen LogP contribution in [-0.4, -0.2) is 92.3 Å². The Kier molecular flexibility index (Phi) is 8.18. The van der Waals surface area contributed by atoms with Crippen molar-refractivity contribution in [2.24, 2.45) is 0 Å². The van der Waals surface area contributed by atoms with Gasteiger partial charge in [0, 0.05) is 74.6 Å². The number of amides is 1. The number of pyridine rings is 1. The predicted octanol–water partition coefficient (Wildman–Crippen LogP) is 5.08. The van der Waals surface area contributed by atoms with Crippen molar-refractivity contribution in [3.05, 3.63) is 59.7 Å². The van der Waals surface area contributed by atoms with Gasteiger partial charge in [-0.1, -0.05) is 36.3 Å². The Bertz CT molecular complexity index is 1840. The fraction of sp³-hybridized carbons (Fsp3) is 0.529. The van der Waals surface area contributed by atoms with Crippen LogP contribution in [0.15, 0.2) is 47.9 Å². The highest BCUT2D eigenvalue weighted by Gasteiger charge is 2.22. The van der Waals surface area contributed by atoms with Crippen LogP contribution in [0.25, 0.3) is 5.69 Å². The number of piperazine rings is 1. The Labute approximate surface area is 283 Å². The molecule has 0 bridgehead atoms. The number of alkyl carbamates (subject to hydrolysis) is 1. The van der Waals surface area contributed by atoms with E-state index in [0.717, 1.165) is 38.3 Å². The van der Waals surface area contributed by atoms with E-state index in [1.54, 1.807) is 37.3 Å². The Morgan fingerprint density at radius 2 is 1.98 bits per heavy atom. The first-order valence-corrected chi connectivity index (χ1v) is 15.7. The number of hydrogen-bond acceptors (Lipinski definition) is 9. The summed E-state index contributed by atoms with van der Waals surface area (Å²) in [7, 11) is 0. The molecule has 1 aliphatic heterocycles. The van der Waals surface area contributed by atoms with Crippen LogP contribution >= 0.6 is 11.8 Å². The molecular formula is C34H45N7O3S. The first kappa shape index (κ1) is 22.8. The summed E-state index contributed by atoms with van der Waals surface area (Å²) in [4.78, 5) is 21.2. The van der Waals surface area contributed by atoms with Crippen molar-refractivity contribution >= 4 is 17.9 Å². The van der Waals surface area contributed by atoms with Gasteiger partial charge < -0.3 is 14.8 Å². The lowest BCUT2D eigenvalue weighted by molar-refractivity contribution is 0.105. The molecule has 11 heteroatoms. The second kappa shape index (κ2) is 16.1. The van der Waals surface area contributed by atoms with E-state index in [4.69, 9.17) is 21.8 Å². The number of ether oxygens (including phenoxy) is 2. The molecular weight excluding hydrogens is 586 g/mol. The molecule has 1 saturated carbocycles. The maximum atomic E-state index is 12.3. The van der Waals surface area contributed by atoms with Gasteiger partial charge in [-0.25, -0.2) is 4.79 Å². The monoisotopic (exact) mass is 640 g/mol. The molecule has 1 unspecified atom stereocenters. The highest BCUT2D eigenvalue weighted by molar-refractivity contribution is 7.99. The summed E-state index contributed by atoms with van der Waals surface area (Å²) in [5, 5.41) is 7.86. The van der Waals surface area contributed by atoms with Crippen LogP contribution < -0.4 is 10.1 Å². The van der Waals surface area contributed by atoms with Crippen LogP contribution in [0.5, 0.6) is 5.75 Å². The first-order valence-electron chi connectivity index (χ1n) is 19.4. The summed E-state index contributed by atoms with van der Waals surface area (Å²) in [6.07, 6.45) is -11.5. The molecule has 1 aromatic carbocycles. The minimum Gasteiger partial charge on any atom is -0.486 e. The zero-order chi connectivity index (χ0) is 39.7. The second-order valence-corrected chi connectivity index (χ2v) is 11.8. The number of aryl methyl sites for hydroxylation is 1. The van der Waals surface area contributed by atoms with Gasteiger partial charge in [0.1, 0.15) is 12.4 Å². The van der Waals surface area contributed by atoms with Gasteiger partial charge in [0.15, 0.2) is 17.1 Å². The van der Waals surface area contributed by atoms with Crippen molar-refractivity contribution in [2.45, 2.75) is 82.3 Å². The van der Waals surface area contributed by atoms with E-state index in [0.29, 0.717) is 29.6 Å². The fourth-order valence-electron chi connectivity index (χ4n) is 4.80. The van der Waals surface area contributed by atoms with Crippen LogP contribution in [0, 0.1) is 18.8 Å². The van der Waals surface area contributed by atoms with Crippen LogP contribution in [0.3, 0.4) is 0 Å². The van der Waals surface area contributed by atoms with Crippen molar-refractivity contribution in [1.82, 2.24) is 34.9 Å². The largest absolute Gasteiger partial charge is 0.486 e. The lowest BCUT2D eigenvalue weighted by atomic mass is 10.1. The molecule has 0 spiro atoms. The highest BCUT2D eigenvalue weighted by Crippen LogP contribution is 2.35. The smallest absolute Gasteiger partial charge is 0.408 e. The van der Waals surface area contributed by atoms with Crippen molar-refractivity contribution < 1.29 is 26.6 Å². The number of carbonyl (C=O) groups is 1. The average Bonchev–Trinajstić information content (AvgIpc) is 3.53. The van der Waals surface area contributed by atoms with E-state index in [1.807, 2.05) is 6.92 Å². The zero-order valence-electron chi connectivity index (χ0n) is 35.0. The molecule has 1 amide bonds. The van der Waals surface area contributed by atoms with E-state index in [-0.39, 0.29) is 29.3 Å². The summed E-state index contributed by atoms with van der Waals surface area (Å²) in [6.45, 7) is 13.0. The van der Waals surface area contributed by atoms with Crippen molar-refractivity contribution in [3.8, 4) is 23.3 Å². The van der Waals surface area contributed by atoms with Gasteiger partial charge in [0.05, 0.1) is 11.9 Å². The topological polar surface area (TPSA) is 97.6 Å². The van der Waals surface area contributed by atoms with E-state index >= 15 is 0 Å². The molecule has 3 aromatic rings. The lowest BCUT2D eigenvalue weighted by Crippen LogP contribution is -2.50. The molecule has 2 aromatic heterocycles. The molecule has 45 heavy (non-hydrogen) atoms. The number of aromatic nitrogens is 4. The van der Waals surface area contributed by atoms with Gasteiger partial charge in [-0.05, 0) is 76.3 Å². The van der Waals surface area contributed by atoms with E-state index in [1.165, 1.54) is 17.0 Å². The summed E-state index contributed by atoms with van der Waals surface area (Å²) < 4.78 is 88.2. The molecule has 0 radical (unpaired) electrons. The third-order valence-electron chi connectivity index (χ3n) is 7.31. The number of nitrogens with zero attached hydrogens (tertiary/aromatic N) is 6. The third kappa shape index (κ3) is 9.45. The molecule has 240 valence electrons. The van der Waals surface area contributed by atoms with Crippen LogP contribution in [-0.2, 0) is 11.3 Å². The van der Waals surface area contributed by atoms with E-state index < -0.39 is 42.9 Å². The molecule has 10 nitrogen and oxygen atoms in total. The fourth-order valence-corrected chi connectivity index (χ4v) is 5.57. The summed E-state index contributed by atoms with van der Waals surface area (Å²) in [5.41, 5.74) is 1.85. The molecule has 1 saturated heterocycles. The summed E-state index contributed by atoms with van der Waals surface area (Å²) in [5.74, 6) is 6.62. The van der Waals surface area contributed by atoms with Crippen molar-refractivity contribution in [2.75, 3.05) is 39.3 Å². The highest BCUT2D eigenvalue weighted by atomic mass is 32.2. The molecule has 2 aliphatic rings. The normalized spacial score (nSPS) is 24.9. The number of thioether (sulfide) groups is 1. The Morgan fingerprint density at radius 3 is 2.69 bits per heavy atom. The SMILES string of the molecule is [2H]C1([2H])C([2H])([2H])C([2H])([2H])C([2H])(Sc2nnc(COc3ccc(C#CC(C)OC(=O)NCCN4CCN(C(C)C)CC4)c(C)c3)n2-c2cccnc2)C1([2H])[2H]. The van der Waals surface area contributed by atoms with Gasteiger partial charge in [-0.3, -0.25) is 19.4 Å². The minimum absolute atomic E-state index is 0.173. The number of nitrogens with one attached hydrogen (secondary N) is 1. The Balaban J connectivity index is 1.22. The van der Waals surface area contributed by atoms with Crippen molar-refractivity contribution in [3.63, 3.8) is 0 Å². The summed E-state index contributed by atoms with van der Waals surface area (Å²) >= 11 is 0.251. The molecule has 1 N–H and O–H groups in total. The van der Waals surface area contributed by atoms with Gasteiger partial charge in [-0.15, -0.1) is 10.2 Å². The molecule has 1 atom stereocenters. The molecule has 1 aliphatic carbocycles. The van der Waals surface area contributed by atoms with Crippen LogP contribution in [0.2, 0.25) is 0 Å². The zero-order valence-corrected chi connectivity index (χ0v) is 26.8. The molecule has 5 rings (SSSR count). The standard InChI is InChI=1S/C34H45N7O3S/c1-25(2)40-20-18-39(19-21-40)17-16-36-34(42)44-27(4)11-12-28-13-14-30(22-26(28)3)43-24-32-37-38-33(45-31-9-5-6-10-31)41(32)29-8-7-15-35-23-29/h7-8,13-15,22-23,25,27,31H,5-6,9-10,16-21,24H2,1-4H3,(H,36,42)/i5D2,6D2,9D2,10D2,31D. The number of hydrogen-bond donors (Lipinski definition) is 1. The lowest BCUT2D eigenvalue weighted by Gasteiger charge is -2.36. The second-order valence-electron chi connectivity index (χ2n) is 10.9. The maximum Gasteiger partial charge on any atom is 0.408 e. The third-order valence-corrected chi connectivity index (χ3v) is 8.16. The van der Waals surface area contributed by atoms with Gasteiger partial charge in [0.2, 0.25) is 0 Å². The first-order chi connectivity index (χ1) is 25.2. The Hall–Kier alpha value is -3.59. The molecule has 3 heterocycles. The number of benzene rings is 1. The Morgan fingerprint density at radius 1 is 1.18 bits per heavy atom. The van der Waals surface area contributed by atoms with Gasteiger partial charge in [-0.2, -0.15) is 0 Å².